The molecule has 3 aromatic rings. The standard InChI is InChI=1S/C18H17N3O2/c1-21-10-9-14(11-15(21)22)17-19-18(23-20-17)16(13-7-8-13)12-5-3-2-4-6-12/h2-6,9-11,13,16H,7-8H2,1H3. The van der Waals surface area contributed by atoms with E-state index in [0.717, 1.165) is 0 Å². The second-order valence-corrected chi connectivity index (χ2v) is 6.05. The molecule has 1 aromatic carbocycles. The van der Waals surface area contributed by atoms with Crippen molar-refractivity contribution in [2.24, 2.45) is 13.0 Å². The molecule has 0 aliphatic heterocycles. The zero-order valence-electron chi connectivity index (χ0n) is 12.8. The zero-order chi connectivity index (χ0) is 15.8. The van der Waals surface area contributed by atoms with Gasteiger partial charge in [-0.25, -0.2) is 0 Å². The number of pyridine rings is 1. The van der Waals surface area contributed by atoms with E-state index >= 15 is 0 Å². The first kappa shape index (κ1) is 13.9. The zero-order valence-corrected chi connectivity index (χ0v) is 12.8. The predicted molar refractivity (Wildman–Crippen MR) is 86.0 cm³/mol. The Hall–Kier alpha value is -2.69. The van der Waals surface area contributed by atoms with Crippen LogP contribution < -0.4 is 5.56 Å². The molecule has 116 valence electrons. The van der Waals surface area contributed by atoms with E-state index in [0.29, 0.717) is 23.2 Å². The molecule has 0 bridgehead atoms. The summed E-state index contributed by atoms with van der Waals surface area (Å²) in [5, 5.41) is 4.08. The van der Waals surface area contributed by atoms with Crippen LogP contribution in [0.4, 0.5) is 0 Å². The lowest BCUT2D eigenvalue weighted by Crippen LogP contribution is -2.14. The van der Waals surface area contributed by atoms with Gasteiger partial charge < -0.3 is 9.09 Å². The van der Waals surface area contributed by atoms with E-state index in [4.69, 9.17) is 4.52 Å². The van der Waals surface area contributed by atoms with Gasteiger partial charge in [0.05, 0.1) is 5.92 Å². The Balaban J connectivity index is 1.71. The van der Waals surface area contributed by atoms with Crippen molar-refractivity contribution in [1.82, 2.24) is 14.7 Å². The fourth-order valence-electron chi connectivity index (χ4n) is 2.87. The summed E-state index contributed by atoms with van der Waals surface area (Å²) in [6, 6.07) is 13.6. The first-order valence-corrected chi connectivity index (χ1v) is 7.78. The van der Waals surface area contributed by atoms with E-state index in [1.54, 1.807) is 13.2 Å². The summed E-state index contributed by atoms with van der Waals surface area (Å²) in [6.45, 7) is 0. The van der Waals surface area contributed by atoms with Crippen LogP contribution in [0.3, 0.4) is 0 Å². The lowest BCUT2D eigenvalue weighted by molar-refractivity contribution is 0.356. The maximum atomic E-state index is 11.8. The number of rotatable bonds is 4. The third-order valence-corrected chi connectivity index (χ3v) is 4.32. The Morgan fingerprint density at radius 1 is 1.22 bits per heavy atom. The van der Waals surface area contributed by atoms with Crippen molar-refractivity contribution in [1.29, 1.82) is 0 Å². The van der Waals surface area contributed by atoms with Crippen LogP contribution in [0.1, 0.15) is 30.2 Å². The predicted octanol–water partition coefficient (Wildman–Crippen LogP) is 2.98. The Morgan fingerprint density at radius 2 is 2.00 bits per heavy atom. The number of hydrogen-bond donors (Lipinski definition) is 0. The molecular formula is C18H17N3O2. The second-order valence-electron chi connectivity index (χ2n) is 6.05. The molecule has 23 heavy (non-hydrogen) atoms. The van der Waals surface area contributed by atoms with Gasteiger partial charge in [0.15, 0.2) is 0 Å². The summed E-state index contributed by atoms with van der Waals surface area (Å²) in [5.41, 5.74) is 1.80. The third-order valence-electron chi connectivity index (χ3n) is 4.32. The minimum absolute atomic E-state index is 0.0874. The van der Waals surface area contributed by atoms with Crippen molar-refractivity contribution < 1.29 is 4.52 Å². The summed E-state index contributed by atoms with van der Waals surface area (Å²) < 4.78 is 7.05. The Kier molecular flexibility index (Phi) is 3.33. The smallest absolute Gasteiger partial charge is 0.250 e. The maximum Gasteiger partial charge on any atom is 0.250 e. The Morgan fingerprint density at radius 3 is 2.70 bits per heavy atom. The van der Waals surface area contributed by atoms with E-state index in [9.17, 15) is 4.79 Å². The number of hydrogen-bond acceptors (Lipinski definition) is 4. The quantitative estimate of drug-likeness (QED) is 0.743. The molecule has 4 rings (SSSR count). The van der Waals surface area contributed by atoms with Crippen LogP contribution in [0, 0.1) is 5.92 Å². The van der Waals surface area contributed by atoms with Crippen LogP contribution >= 0.6 is 0 Å². The molecule has 2 aromatic heterocycles. The van der Waals surface area contributed by atoms with Gasteiger partial charge in [-0.2, -0.15) is 4.98 Å². The topological polar surface area (TPSA) is 60.9 Å². The second kappa shape index (κ2) is 5.50. The van der Waals surface area contributed by atoms with E-state index in [1.807, 2.05) is 24.3 Å². The first-order valence-electron chi connectivity index (χ1n) is 7.78. The first-order chi connectivity index (χ1) is 11.2. The van der Waals surface area contributed by atoms with Crippen molar-refractivity contribution >= 4 is 0 Å². The van der Waals surface area contributed by atoms with Crippen molar-refractivity contribution in [2.75, 3.05) is 0 Å². The fourth-order valence-corrected chi connectivity index (χ4v) is 2.87. The van der Waals surface area contributed by atoms with E-state index in [1.165, 1.54) is 29.0 Å². The lowest BCUT2D eigenvalue weighted by Gasteiger charge is -2.11. The minimum atomic E-state index is -0.0874. The highest BCUT2D eigenvalue weighted by molar-refractivity contribution is 5.53. The van der Waals surface area contributed by atoms with Gasteiger partial charge in [0.1, 0.15) is 0 Å². The van der Waals surface area contributed by atoms with Crippen LogP contribution in [0.5, 0.6) is 0 Å². The van der Waals surface area contributed by atoms with Crippen LogP contribution in [0.25, 0.3) is 11.4 Å². The van der Waals surface area contributed by atoms with Gasteiger partial charge >= 0.3 is 0 Å². The highest BCUT2D eigenvalue weighted by Gasteiger charge is 2.37. The van der Waals surface area contributed by atoms with Gasteiger partial charge in [0, 0.05) is 24.9 Å². The van der Waals surface area contributed by atoms with Crippen molar-refractivity contribution in [2.45, 2.75) is 18.8 Å². The van der Waals surface area contributed by atoms with Crippen molar-refractivity contribution in [3.63, 3.8) is 0 Å². The summed E-state index contributed by atoms with van der Waals surface area (Å²) in [4.78, 5) is 16.3. The van der Waals surface area contributed by atoms with E-state index < -0.39 is 0 Å². The molecule has 1 aliphatic rings. The number of nitrogens with zero attached hydrogens (tertiary/aromatic N) is 3. The van der Waals surface area contributed by atoms with Crippen LogP contribution in [0.2, 0.25) is 0 Å². The Labute approximate surface area is 133 Å². The lowest BCUT2D eigenvalue weighted by atomic mass is 9.94. The Bertz CT molecular complexity index is 879. The molecule has 1 unspecified atom stereocenters. The van der Waals surface area contributed by atoms with E-state index in [2.05, 4.69) is 22.3 Å². The molecule has 0 radical (unpaired) electrons. The van der Waals surface area contributed by atoms with Gasteiger partial charge in [-0.05, 0) is 30.4 Å². The number of aromatic nitrogens is 3. The molecule has 5 nitrogen and oxygen atoms in total. The molecule has 1 fully saturated rings. The molecule has 0 saturated heterocycles. The average Bonchev–Trinajstić information content (AvgIpc) is 3.28. The molecule has 0 N–H and O–H groups in total. The van der Waals surface area contributed by atoms with E-state index in [-0.39, 0.29) is 11.5 Å². The van der Waals surface area contributed by atoms with Crippen LogP contribution in [0.15, 0.2) is 58.0 Å². The molecular weight excluding hydrogens is 290 g/mol. The van der Waals surface area contributed by atoms with Gasteiger partial charge in [0.2, 0.25) is 11.7 Å². The van der Waals surface area contributed by atoms with Crippen molar-refractivity contribution in [3.8, 4) is 11.4 Å². The van der Waals surface area contributed by atoms with Crippen LogP contribution in [-0.4, -0.2) is 14.7 Å². The largest absolute Gasteiger partial charge is 0.338 e. The molecule has 2 heterocycles. The minimum Gasteiger partial charge on any atom is -0.338 e. The summed E-state index contributed by atoms with van der Waals surface area (Å²) in [6.07, 6.45) is 4.08. The van der Waals surface area contributed by atoms with Gasteiger partial charge in [0.25, 0.3) is 5.56 Å². The summed E-state index contributed by atoms with van der Waals surface area (Å²) >= 11 is 0. The molecule has 1 aliphatic carbocycles. The normalized spacial score (nSPS) is 15.5. The maximum absolute atomic E-state index is 11.8. The molecule has 1 saturated carbocycles. The van der Waals surface area contributed by atoms with Gasteiger partial charge in [-0.15, -0.1) is 0 Å². The fraction of sp³-hybridized carbons (Fsp3) is 0.278. The monoisotopic (exact) mass is 307 g/mol. The molecule has 0 amide bonds. The third kappa shape index (κ3) is 2.70. The average molecular weight is 307 g/mol. The van der Waals surface area contributed by atoms with Crippen LogP contribution in [-0.2, 0) is 7.05 Å². The van der Waals surface area contributed by atoms with Gasteiger partial charge in [-0.3, -0.25) is 4.79 Å². The molecule has 5 heteroatoms. The highest BCUT2D eigenvalue weighted by atomic mass is 16.5. The number of benzene rings is 1. The van der Waals surface area contributed by atoms with Crippen molar-refractivity contribution in [3.05, 3.63) is 70.5 Å². The summed E-state index contributed by atoms with van der Waals surface area (Å²) in [5.74, 6) is 1.81. The molecule has 0 spiro atoms. The van der Waals surface area contributed by atoms with Gasteiger partial charge in [-0.1, -0.05) is 35.5 Å². The molecule has 1 atom stereocenters. The SMILES string of the molecule is Cn1ccc(-c2noc(C(c3ccccc3)C3CC3)n2)cc1=O. The number of aryl methyl sites for hydroxylation is 1. The summed E-state index contributed by atoms with van der Waals surface area (Å²) in [7, 11) is 1.71. The highest BCUT2D eigenvalue weighted by Crippen LogP contribution is 2.45.